The highest BCUT2D eigenvalue weighted by Crippen LogP contribution is 2.25. The van der Waals surface area contributed by atoms with Crippen molar-refractivity contribution in [2.45, 2.75) is 37.9 Å². The van der Waals surface area contributed by atoms with E-state index in [0.29, 0.717) is 0 Å². The maximum Gasteiger partial charge on any atom is 0.00443 e. The summed E-state index contributed by atoms with van der Waals surface area (Å²) in [5, 5.41) is 4.33. The van der Waals surface area contributed by atoms with E-state index in [1.54, 1.807) is 0 Å². The molecule has 72 valence electrons. The van der Waals surface area contributed by atoms with Gasteiger partial charge in [-0.3, -0.25) is 0 Å². The second-order valence-corrected chi connectivity index (χ2v) is 4.83. The molecule has 0 amide bonds. The van der Waals surface area contributed by atoms with Crippen LogP contribution in [0.2, 0.25) is 0 Å². The molecule has 12 heavy (non-hydrogen) atoms. The van der Waals surface area contributed by atoms with Crippen LogP contribution in [0.5, 0.6) is 0 Å². The Balaban J connectivity index is 2.18. The molecule has 0 spiro atoms. The molecule has 0 saturated carbocycles. The van der Waals surface area contributed by atoms with Gasteiger partial charge in [-0.2, -0.15) is 11.8 Å². The lowest BCUT2D eigenvalue weighted by molar-refractivity contribution is 0.349. The number of hydrogen-bond donors (Lipinski definition) is 1. The van der Waals surface area contributed by atoms with E-state index >= 15 is 0 Å². The summed E-state index contributed by atoms with van der Waals surface area (Å²) in [6, 6.07) is 0. The van der Waals surface area contributed by atoms with Gasteiger partial charge in [0, 0.05) is 5.25 Å². The maximum atomic E-state index is 3.42. The van der Waals surface area contributed by atoms with Crippen LogP contribution >= 0.6 is 11.8 Å². The van der Waals surface area contributed by atoms with Crippen molar-refractivity contribution in [1.82, 2.24) is 5.32 Å². The van der Waals surface area contributed by atoms with Crippen molar-refractivity contribution in [2.24, 2.45) is 5.92 Å². The Morgan fingerprint density at radius 3 is 2.58 bits per heavy atom. The molecule has 1 aliphatic rings. The third-order valence-electron chi connectivity index (χ3n) is 2.84. The van der Waals surface area contributed by atoms with Gasteiger partial charge in [-0.05, 0) is 50.9 Å². The first-order valence-electron chi connectivity index (χ1n) is 5.10. The summed E-state index contributed by atoms with van der Waals surface area (Å²) in [5.41, 5.74) is 0. The fourth-order valence-electron chi connectivity index (χ4n) is 1.92. The van der Waals surface area contributed by atoms with Crippen molar-refractivity contribution in [3.63, 3.8) is 0 Å². The van der Waals surface area contributed by atoms with Gasteiger partial charge in [-0.15, -0.1) is 0 Å². The van der Waals surface area contributed by atoms with Gasteiger partial charge in [0.05, 0.1) is 0 Å². The second kappa shape index (κ2) is 5.87. The van der Waals surface area contributed by atoms with Crippen LogP contribution in [0.25, 0.3) is 0 Å². The first-order valence-corrected chi connectivity index (χ1v) is 6.39. The smallest absolute Gasteiger partial charge is 0.00443 e. The average molecular weight is 187 g/mol. The number of nitrogens with one attached hydrogen (secondary N) is 1. The number of hydrogen-bond acceptors (Lipinski definition) is 2. The van der Waals surface area contributed by atoms with Crippen molar-refractivity contribution in [3.05, 3.63) is 0 Å². The van der Waals surface area contributed by atoms with Crippen molar-refractivity contribution >= 4 is 11.8 Å². The van der Waals surface area contributed by atoms with Gasteiger partial charge in [0.2, 0.25) is 0 Å². The summed E-state index contributed by atoms with van der Waals surface area (Å²) in [6.07, 6.45) is 7.83. The van der Waals surface area contributed by atoms with E-state index in [0.717, 1.165) is 11.2 Å². The molecule has 2 heteroatoms. The van der Waals surface area contributed by atoms with E-state index in [9.17, 15) is 0 Å². The Labute approximate surface area is 80.7 Å². The van der Waals surface area contributed by atoms with Gasteiger partial charge in [0.25, 0.3) is 0 Å². The monoisotopic (exact) mass is 187 g/mol. The Bertz CT molecular complexity index is 106. The van der Waals surface area contributed by atoms with Crippen molar-refractivity contribution < 1.29 is 0 Å². The predicted octanol–water partition coefficient (Wildman–Crippen LogP) is 2.52. The molecule has 0 aromatic heterocycles. The van der Waals surface area contributed by atoms with Crippen LogP contribution in [-0.2, 0) is 0 Å². The van der Waals surface area contributed by atoms with Crippen molar-refractivity contribution in [2.75, 3.05) is 19.3 Å². The first-order chi connectivity index (χ1) is 5.86. The molecule has 1 nitrogen and oxygen atoms in total. The van der Waals surface area contributed by atoms with Crippen LogP contribution in [0.3, 0.4) is 0 Å². The van der Waals surface area contributed by atoms with E-state index in [1.165, 1.54) is 38.8 Å². The summed E-state index contributed by atoms with van der Waals surface area (Å²) in [6.45, 7) is 4.80. The van der Waals surface area contributed by atoms with E-state index < -0.39 is 0 Å². The molecule has 1 aliphatic heterocycles. The highest BCUT2D eigenvalue weighted by atomic mass is 32.2. The number of piperidine rings is 1. The molecule has 0 aromatic carbocycles. The third kappa shape index (κ3) is 3.36. The van der Waals surface area contributed by atoms with Crippen molar-refractivity contribution in [1.29, 1.82) is 0 Å². The zero-order chi connectivity index (χ0) is 8.81. The molecular formula is C10H21NS. The molecule has 1 fully saturated rings. The fraction of sp³-hybridized carbons (Fsp3) is 1.00. The topological polar surface area (TPSA) is 12.0 Å². The number of rotatable bonds is 4. The van der Waals surface area contributed by atoms with Crippen LogP contribution in [0, 0.1) is 5.92 Å². The molecule has 1 atom stereocenters. The molecular weight excluding hydrogens is 166 g/mol. The van der Waals surface area contributed by atoms with E-state index in [1.807, 2.05) is 11.8 Å². The molecule has 0 aliphatic carbocycles. The molecule has 1 unspecified atom stereocenters. The van der Waals surface area contributed by atoms with Crippen LogP contribution in [0.1, 0.15) is 32.6 Å². The maximum absolute atomic E-state index is 3.42. The summed E-state index contributed by atoms with van der Waals surface area (Å²) >= 11 is 2.04. The van der Waals surface area contributed by atoms with Gasteiger partial charge >= 0.3 is 0 Å². The fourth-order valence-corrected chi connectivity index (χ4v) is 2.72. The Kier molecular flexibility index (Phi) is 5.08. The first kappa shape index (κ1) is 10.4. The summed E-state index contributed by atoms with van der Waals surface area (Å²) in [5.74, 6) is 1.00. The lowest BCUT2D eigenvalue weighted by Crippen LogP contribution is -2.29. The van der Waals surface area contributed by atoms with E-state index in [2.05, 4.69) is 18.5 Å². The Hall–Kier alpha value is 0.310. The van der Waals surface area contributed by atoms with Gasteiger partial charge < -0.3 is 5.32 Å². The van der Waals surface area contributed by atoms with Crippen molar-refractivity contribution in [3.8, 4) is 0 Å². The normalized spacial score (nSPS) is 22.5. The van der Waals surface area contributed by atoms with Crippen LogP contribution < -0.4 is 5.32 Å². The predicted molar refractivity (Wildman–Crippen MR) is 57.8 cm³/mol. The average Bonchev–Trinajstić information content (AvgIpc) is 2.16. The van der Waals surface area contributed by atoms with Gasteiger partial charge in [-0.1, -0.05) is 6.92 Å². The van der Waals surface area contributed by atoms with Gasteiger partial charge in [0.1, 0.15) is 0 Å². The minimum Gasteiger partial charge on any atom is -0.317 e. The molecule has 0 aromatic rings. The largest absolute Gasteiger partial charge is 0.317 e. The quantitative estimate of drug-likeness (QED) is 0.726. The lowest BCUT2D eigenvalue weighted by Gasteiger charge is -2.25. The summed E-state index contributed by atoms with van der Waals surface area (Å²) in [7, 11) is 0. The lowest BCUT2D eigenvalue weighted by atomic mass is 9.92. The van der Waals surface area contributed by atoms with Gasteiger partial charge in [0.15, 0.2) is 0 Å². The molecule has 1 rings (SSSR count). The standard InChI is InChI=1S/C10H21NS/c1-3-10(12-2)8-9-4-6-11-7-5-9/h9-11H,3-8H2,1-2H3. The van der Waals surface area contributed by atoms with Crippen LogP contribution in [-0.4, -0.2) is 24.6 Å². The molecule has 1 heterocycles. The minimum atomic E-state index is 0.910. The molecule has 0 bridgehead atoms. The molecule has 1 saturated heterocycles. The molecule has 1 N–H and O–H groups in total. The highest BCUT2D eigenvalue weighted by molar-refractivity contribution is 7.99. The third-order valence-corrected chi connectivity index (χ3v) is 4.04. The van der Waals surface area contributed by atoms with Crippen LogP contribution in [0.4, 0.5) is 0 Å². The molecule has 0 radical (unpaired) electrons. The second-order valence-electron chi connectivity index (χ2n) is 3.70. The minimum absolute atomic E-state index is 0.910. The number of thioether (sulfide) groups is 1. The summed E-state index contributed by atoms with van der Waals surface area (Å²) in [4.78, 5) is 0. The Morgan fingerprint density at radius 2 is 2.08 bits per heavy atom. The van der Waals surface area contributed by atoms with E-state index in [-0.39, 0.29) is 0 Å². The Morgan fingerprint density at radius 1 is 1.42 bits per heavy atom. The van der Waals surface area contributed by atoms with Crippen LogP contribution in [0.15, 0.2) is 0 Å². The highest BCUT2D eigenvalue weighted by Gasteiger charge is 2.16. The summed E-state index contributed by atoms with van der Waals surface area (Å²) < 4.78 is 0. The zero-order valence-corrected chi connectivity index (χ0v) is 9.12. The SMILES string of the molecule is CCC(CC1CCNCC1)SC. The van der Waals surface area contributed by atoms with E-state index in [4.69, 9.17) is 0 Å². The van der Waals surface area contributed by atoms with Gasteiger partial charge in [-0.25, -0.2) is 0 Å². The zero-order valence-electron chi connectivity index (χ0n) is 8.31.